The minimum absolute atomic E-state index is 0.125. The Morgan fingerprint density at radius 1 is 0.792 bits per heavy atom. The van der Waals surface area contributed by atoms with Crippen molar-refractivity contribution in [3.8, 4) is 11.4 Å². The van der Waals surface area contributed by atoms with E-state index in [9.17, 15) is 22.8 Å². The first-order chi connectivity index (χ1) is 23.2. The van der Waals surface area contributed by atoms with Crippen LogP contribution in [0.15, 0.2) is 128 Å². The molecule has 0 radical (unpaired) electrons. The van der Waals surface area contributed by atoms with Crippen LogP contribution in [-0.2, 0) is 41.7 Å². The number of carbonyl (C=O) groups excluding carboxylic acids is 2. The maximum absolute atomic E-state index is 14.5. The number of rotatable bonds is 9. The molecular weight excluding hydrogens is 613 g/mol. The molecule has 0 saturated heterocycles. The Hall–Kier alpha value is -5.57. The fourth-order valence-electron chi connectivity index (χ4n) is 5.86. The van der Waals surface area contributed by atoms with Crippen molar-refractivity contribution in [2.45, 2.75) is 38.1 Å². The molecule has 6 nitrogen and oxygen atoms in total. The lowest BCUT2D eigenvalue weighted by molar-refractivity contribution is -0.144. The van der Waals surface area contributed by atoms with Crippen LogP contribution in [0.4, 0.5) is 13.2 Å². The van der Waals surface area contributed by atoms with Gasteiger partial charge >= 0.3 is 6.18 Å². The molecule has 6 rings (SSSR count). The van der Waals surface area contributed by atoms with Crippen LogP contribution in [0, 0.1) is 0 Å². The van der Waals surface area contributed by atoms with Crippen molar-refractivity contribution in [2.24, 2.45) is 0 Å². The van der Waals surface area contributed by atoms with E-state index in [0.717, 1.165) is 34.4 Å². The molecule has 242 valence electrons. The van der Waals surface area contributed by atoms with Crippen LogP contribution in [0.5, 0.6) is 0 Å². The van der Waals surface area contributed by atoms with Gasteiger partial charge in [-0.3, -0.25) is 9.59 Å². The van der Waals surface area contributed by atoms with Gasteiger partial charge in [0.1, 0.15) is 6.04 Å². The van der Waals surface area contributed by atoms with Crippen LogP contribution < -0.4 is 0 Å². The Bertz CT molecular complexity index is 1880. The van der Waals surface area contributed by atoms with Crippen LogP contribution in [0.1, 0.15) is 33.4 Å². The highest BCUT2D eigenvalue weighted by Gasteiger charge is 2.34. The Morgan fingerprint density at radius 3 is 2.15 bits per heavy atom. The fourth-order valence-corrected chi connectivity index (χ4v) is 5.86. The zero-order valence-electron chi connectivity index (χ0n) is 26.1. The van der Waals surface area contributed by atoms with Gasteiger partial charge in [-0.15, -0.1) is 0 Å². The molecule has 1 aliphatic rings. The molecule has 48 heavy (non-hydrogen) atoms. The molecule has 0 spiro atoms. The molecule has 2 amide bonds. The Labute approximate surface area is 277 Å². The number of hydrogen-bond acceptors (Lipinski definition) is 4. The van der Waals surface area contributed by atoms with Gasteiger partial charge in [-0.1, -0.05) is 91.0 Å². The molecule has 2 heterocycles. The SMILES string of the molecule is O=C(C(Cc1ccccc1)N(Cc1ccc(-c2ncccn2)cc1)C(=O)C=Cc1ccc(C(F)(F)F)cc1)N1CCc2ccccc2C1. The Balaban J connectivity index is 1.34. The first-order valence-corrected chi connectivity index (χ1v) is 15.7. The highest BCUT2D eigenvalue weighted by Crippen LogP contribution is 2.29. The monoisotopic (exact) mass is 646 g/mol. The summed E-state index contributed by atoms with van der Waals surface area (Å²) in [5.41, 5.74) is 4.44. The molecule has 1 atom stereocenters. The summed E-state index contributed by atoms with van der Waals surface area (Å²) in [5, 5.41) is 0. The third kappa shape index (κ3) is 7.86. The molecule has 1 aliphatic heterocycles. The molecule has 0 saturated carbocycles. The second-order valence-corrected chi connectivity index (χ2v) is 11.7. The largest absolute Gasteiger partial charge is 0.416 e. The lowest BCUT2D eigenvalue weighted by Crippen LogP contribution is -2.52. The second kappa shape index (κ2) is 14.5. The van der Waals surface area contributed by atoms with E-state index >= 15 is 0 Å². The quantitative estimate of drug-likeness (QED) is 0.157. The van der Waals surface area contributed by atoms with Crippen molar-refractivity contribution in [3.63, 3.8) is 0 Å². The normalized spacial score (nSPS) is 13.6. The summed E-state index contributed by atoms with van der Waals surface area (Å²) in [6.07, 6.45) is 2.67. The second-order valence-electron chi connectivity index (χ2n) is 11.7. The Morgan fingerprint density at radius 2 is 1.46 bits per heavy atom. The van der Waals surface area contributed by atoms with Crippen molar-refractivity contribution in [1.82, 2.24) is 19.8 Å². The number of hydrogen-bond donors (Lipinski definition) is 0. The first-order valence-electron chi connectivity index (χ1n) is 15.7. The van der Waals surface area contributed by atoms with Crippen molar-refractivity contribution in [3.05, 3.63) is 161 Å². The highest BCUT2D eigenvalue weighted by molar-refractivity contribution is 5.96. The summed E-state index contributed by atoms with van der Waals surface area (Å²) >= 11 is 0. The van der Waals surface area contributed by atoms with Gasteiger partial charge in [0.15, 0.2) is 5.82 Å². The number of benzene rings is 4. The van der Waals surface area contributed by atoms with Gasteiger partial charge in [0.2, 0.25) is 11.8 Å². The number of carbonyl (C=O) groups is 2. The van der Waals surface area contributed by atoms with Gasteiger partial charge in [-0.05, 0) is 58.5 Å². The lowest BCUT2D eigenvalue weighted by Gasteiger charge is -2.37. The summed E-state index contributed by atoms with van der Waals surface area (Å²) in [6.45, 7) is 1.09. The molecule has 5 aromatic rings. The Kier molecular flexibility index (Phi) is 9.75. The third-order valence-corrected chi connectivity index (χ3v) is 8.45. The molecule has 1 aromatic heterocycles. The zero-order chi connectivity index (χ0) is 33.5. The van der Waals surface area contributed by atoms with Gasteiger partial charge < -0.3 is 9.80 Å². The maximum Gasteiger partial charge on any atom is 0.416 e. The molecule has 0 bridgehead atoms. The molecule has 0 fully saturated rings. The van der Waals surface area contributed by atoms with Crippen molar-refractivity contribution in [2.75, 3.05) is 6.54 Å². The standard InChI is InChI=1S/C39H33F3N4O2/c40-39(41,42)34-18-13-28(14-19-34)15-20-36(47)46(26-30-11-16-32(17-12-30)37-43-22-6-23-44-37)35(25-29-7-2-1-3-8-29)38(48)45-24-21-31-9-4-5-10-33(31)27-45/h1-20,22-23,35H,21,24-27H2. The molecular formula is C39H33F3N4O2. The van der Waals surface area contributed by atoms with Gasteiger partial charge in [0, 0.05) is 50.1 Å². The topological polar surface area (TPSA) is 66.4 Å². The molecule has 1 unspecified atom stereocenters. The van der Waals surface area contributed by atoms with Crippen LogP contribution in [-0.4, -0.2) is 44.2 Å². The summed E-state index contributed by atoms with van der Waals surface area (Å²) < 4.78 is 39.4. The highest BCUT2D eigenvalue weighted by atomic mass is 19.4. The summed E-state index contributed by atoms with van der Waals surface area (Å²) in [6, 6.07) is 30.6. The number of nitrogens with zero attached hydrogens (tertiary/aromatic N) is 4. The lowest BCUT2D eigenvalue weighted by atomic mass is 9.97. The van der Waals surface area contributed by atoms with E-state index in [4.69, 9.17) is 0 Å². The van der Waals surface area contributed by atoms with E-state index < -0.39 is 23.7 Å². The predicted octanol–water partition coefficient (Wildman–Crippen LogP) is 7.40. The average molecular weight is 647 g/mol. The molecule has 4 aromatic carbocycles. The average Bonchev–Trinajstić information content (AvgIpc) is 3.12. The van der Waals surface area contributed by atoms with Gasteiger partial charge in [0.25, 0.3) is 0 Å². The van der Waals surface area contributed by atoms with E-state index in [2.05, 4.69) is 16.0 Å². The minimum atomic E-state index is -4.46. The predicted molar refractivity (Wildman–Crippen MR) is 178 cm³/mol. The number of aromatic nitrogens is 2. The van der Waals surface area contributed by atoms with Crippen LogP contribution in [0.3, 0.4) is 0 Å². The fraction of sp³-hybridized carbons (Fsp3) is 0.179. The van der Waals surface area contributed by atoms with Gasteiger partial charge in [-0.25, -0.2) is 9.97 Å². The van der Waals surface area contributed by atoms with E-state index in [1.165, 1.54) is 29.8 Å². The van der Waals surface area contributed by atoms with Crippen LogP contribution in [0.2, 0.25) is 0 Å². The van der Waals surface area contributed by atoms with E-state index in [-0.39, 0.29) is 18.9 Å². The van der Waals surface area contributed by atoms with Crippen molar-refractivity contribution >= 4 is 17.9 Å². The maximum atomic E-state index is 14.5. The van der Waals surface area contributed by atoms with Crippen molar-refractivity contribution < 1.29 is 22.8 Å². The van der Waals surface area contributed by atoms with Crippen LogP contribution in [0.25, 0.3) is 17.5 Å². The number of fused-ring (bicyclic) bond motifs is 1. The van der Waals surface area contributed by atoms with Crippen LogP contribution >= 0.6 is 0 Å². The smallest absolute Gasteiger partial charge is 0.336 e. The summed E-state index contributed by atoms with van der Waals surface area (Å²) in [4.78, 5) is 40.6. The first kappa shape index (κ1) is 32.4. The van der Waals surface area contributed by atoms with E-state index in [1.807, 2.05) is 77.7 Å². The minimum Gasteiger partial charge on any atom is -0.336 e. The number of halogens is 3. The number of alkyl halides is 3. The zero-order valence-corrected chi connectivity index (χ0v) is 26.1. The molecule has 0 aliphatic carbocycles. The van der Waals surface area contributed by atoms with E-state index in [0.29, 0.717) is 30.9 Å². The van der Waals surface area contributed by atoms with E-state index in [1.54, 1.807) is 23.4 Å². The van der Waals surface area contributed by atoms with Gasteiger partial charge in [-0.2, -0.15) is 13.2 Å². The van der Waals surface area contributed by atoms with Gasteiger partial charge in [0.05, 0.1) is 5.56 Å². The third-order valence-electron chi connectivity index (χ3n) is 8.45. The molecule has 0 N–H and O–H groups in total. The van der Waals surface area contributed by atoms with Crippen molar-refractivity contribution in [1.29, 1.82) is 0 Å². The summed E-state index contributed by atoms with van der Waals surface area (Å²) in [7, 11) is 0. The molecule has 9 heteroatoms. The number of amides is 2. The summed E-state index contributed by atoms with van der Waals surface area (Å²) in [5.74, 6) is -0.0324.